The van der Waals surface area contributed by atoms with Crippen molar-refractivity contribution in [3.8, 4) is 0 Å². The zero-order valence-corrected chi connectivity index (χ0v) is 19.6. The van der Waals surface area contributed by atoms with Crippen LogP contribution < -0.4 is 0 Å². The van der Waals surface area contributed by atoms with Crippen LogP contribution in [-0.4, -0.2) is 42.6 Å². The molecule has 0 radical (unpaired) electrons. The topological polar surface area (TPSA) is 21.6 Å². The van der Waals surface area contributed by atoms with E-state index < -0.39 is 7.14 Å². The summed E-state index contributed by atoms with van der Waals surface area (Å²) in [4.78, 5) is 4.99. The molecule has 1 aliphatic heterocycles. The molecule has 0 fully saturated rings. The molecule has 26 heavy (non-hydrogen) atoms. The molecule has 1 aromatic rings. The van der Waals surface area contributed by atoms with Gasteiger partial charge in [0.2, 0.25) is 5.90 Å². The van der Waals surface area contributed by atoms with Gasteiger partial charge in [-0.05, 0) is 80.6 Å². The molecule has 0 saturated carbocycles. The molecule has 1 aliphatic rings. The highest BCUT2D eigenvalue weighted by atomic mass is 31.2. The monoisotopic (exact) mass is 374 g/mol. The Labute approximate surface area is 162 Å². The Bertz CT molecular complexity index is 660. The van der Waals surface area contributed by atoms with E-state index in [0.717, 1.165) is 18.9 Å². The zero-order chi connectivity index (χ0) is 19.9. The second kappa shape index (κ2) is 7.31. The second-order valence-corrected chi connectivity index (χ2v) is 15.7. The smallest absolute Gasteiger partial charge is 0.307 e. The number of aliphatic imine (C=N–C) groups is 1. The standard InChI is InChI=1S/C22H38BNOP/c1-15-12-16(2)19(17(3)13-15)20-24-18(14-25-20)10-11-26(23,21(4,5)6)22(7,8)9/h12-13,18H,10-11,14,23H2,1-9H3/q+1/t18-/m0/s1. The molecule has 144 valence electrons. The average molecular weight is 374 g/mol. The number of ether oxygens (including phenoxy) is 1. The molecule has 1 aromatic carbocycles. The molecule has 0 N–H and O–H groups in total. The fourth-order valence-electron chi connectivity index (χ4n) is 4.30. The molecule has 2 rings (SSSR count). The van der Waals surface area contributed by atoms with E-state index in [-0.39, 0.29) is 0 Å². The summed E-state index contributed by atoms with van der Waals surface area (Å²) >= 11 is 0. The molecule has 0 aliphatic carbocycles. The van der Waals surface area contributed by atoms with Crippen LogP contribution in [0.4, 0.5) is 0 Å². The summed E-state index contributed by atoms with van der Waals surface area (Å²) in [7, 11) is 1.43. The van der Waals surface area contributed by atoms with Gasteiger partial charge in [-0.2, -0.15) is 0 Å². The largest absolute Gasteiger partial charge is 0.475 e. The predicted octanol–water partition coefficient (Wildman–Crippen LogP) is 5.31. The van der Waals surface area contributed by atoms with Gasteiger partial charge < -0.3 is 4.74 Å². The van der Waals surface area contributed by atoms with Gasteiger partial charge in [-0.1, -0.05) is 17.7 Å². The molecular formula is C22H38BNOP+. The molecular weight excluding hydrogens is 336 g/mol. The molecule has 0 bridgehead atoms. The zero-order valence-electron chi connectivity index (χ0n) is 18.7. The van der Waals surface area contributed by atoms with Crippen LogP contribution in [0.2, 0.25) is 0 Å². The van der Waals surface area contributed by atoms with Gasteiger partial charge in [-0.15, -0.1) is 0 Å². The fraction of sp³-hybridized carbons (Fsp3) is 0.682. The van der Waals surface area contributed by atoms with Crippen molar-refractivity contribution in [2.45, 2.75) is 85.1 Å². The van der Waals surface area contributed by atoms with Crippen LogP contribution in [0.1, 0.15) is 70.2 Å². The summed E-state index contributed by atoms with van der Waals surface area (Å²) in [5, 5.41) is 0.725. The van der Waals surface area contributed by atoms with E-state index in [4.69, 9.17) is 9.73 Å². The number of nitrogens with zero attached hydrogens (tertiary/aromatic N) is 1. The molecule has 1 heterocycles. The molecule has 0 saturated heterocycles. The van der Waals surface area contributed by atoms with Crippen LogP contribution in [0.25, 0.3) is 0 Å². The molecule has 2 nitrogen and oxygen atoms in total. The van der Waals surface area contributed by atoms with E-state index in [2.05, 4.69) is 82.0 Å². The summed E-state index contributed by atoms with van der Waals surface area (Å²) in [6.07, 6.45) is 2.41. The molecule has 1 atom stereocenters. The quantitative estimate of drug-likeness (QED) is 0.517. The van der Waals surface area contributed by atoms with E-state index in [0.29, 0.717) is 16.4 Å². The third kappa shape index (κ3) is 4.19. The minimum absolute atomic E-state index is 0.300. The lowest BCUT2D eigenvalue weighted by Crippen LogP contribution is -2.36. The minimum atomic E-state index is -1.13. The predicted molar refractivity (Wildman–Crippen MR) is 121 cm³/mol. The van der Waals surface area contributed by atoms with Crippen molar-refractivity contribution >= 4 is 20.6 Å². The highest BCUT2D eigenvalue weighted by Crippen LogP contribution is 2.73. The van der Waals surface area contributed by atoms with Gasteiger partial charge in [-0.25, -0.2) is 4.99 Å². The minimum Gasteiger partial charge on any atom is -0.475 e. The van der Waals surface area contributed by atoms with Gasteiger partial charge in [0, 0.05) is 18.1 Å². The first-order chi connectivity index (χ1) is 11.8. The Hall–Kier alpha value is -0.815. The van der Waals surface area contributed by atoms with Crippen molar-refractivity contribution in [1.82, 2.24) is 0 Å². The van der Waals surface area contributed by atoms with Crippen molar-refractivity contribution in [3.05, 3.63) is 34.4 Å². The summed E-state index contributed by atoms with van der Waals surface area (Å²) in [6, 6.07) is 4.75. The molecule has 0 spiro atoms. The van der Waals surface area contributed by atoms with Crippen LogP contribution in [-0.2, 0) is 4.74 Å². The van der Waals surface area contributed by atoms with Gasteiger partial charge in [0.1, 0.15) is 6.61 Å². The van der Waals surface area contributed by atoms with Crippen molar-refractivity contribution in [2.75, 3.05) is 12.8 Å². The Balaban J connectivity index is 2.19. The summed E-state index contributed by atoms with van der Waals surface area (Å²) in [5.74, 6) is 0.858. The Morgan fingerprint density at radius 1 is 1.04 bits per heavy atom. The number of benzene rings is 1. The Morgan fingerprint density at radius 2 is 1.54 bits per heavy atom. The lowest BCUT2D eigenvalue weighted by Gasteiger charge is -2.46. The maximum atomic E-state index is 6.05. The number of hydrogen-bond acceptors (Lipinski definition) is 2. The normalized spacial score (nSPS) is 18.7. The highest BCUT2D eigenvalue weighted by molar-refractivity contribution is 7.99. The van der Waals surface area contributed by atoms with Gasteiger partial charge in [0.05, 0.1) is 16.4 Å². The van der Waals surface area contributed by atoms with Crippen molar-refractivity contribution < 1.29 is 4.74 Å². The summed E-state index contributed by atoms with van der Waals surface area (Å²) < 4.78 is 6.05. The van der Waals surface area contributed by atoms with E-state index in [9.17, 15) is 0 Å². The lowest BCUT2D eigenvalue weighted by atomic mass is 10.00. The van der Waals surface area contributed by atoms with Crippen LogP contribution in [0.5, 0.6) is 0 Å². The molecule has 0 aromatic heterocycles. The number of rotatable bonds is 4. The van der Waals surface area contributed by atoms with E-state index in [1.165, 1.54) is 28.4 Å². The van der Waals surface area contributed by atoms with Crippen molar-refractivity contribution in [3.63, 3.8) is 0 Å². The third-order valence-corrected chi connectivity index (χ3v) is 13.5. The highest BCUT2D eigenvalue weighted by Gasteiger charge is 2.52. The van der Waals surface area contributed by atoms with Gasteiger partial charge in [0.15, 0.2) is 0 Å². The first-order valence-electron chi connectivity index (χ1n) is 9.91. The van der Waals surface area contributed by atoms with Gasteiger partial charge in [0.25, 0.3) is 0 Å². The second-order valence-electron chi connectivity index (χ2n) is 10.2. The molecule has 4 heteroatoms. The molecule has 0 amide bonds. The van der Waals surface area contributed by atoms with E-state index in [1.807, 2.05) is 0 Å². The van der Waals surface area contributed by atoms with Crippen molar-refractivity contribution in [1.29, 1.82) is 0 Å². The van der Waals surface area contributed by atoms with Gasteiger partial charge >= 0.3 is 7.57 Å². The number of aryl methyl sites for hydroxylation is 3. The first kappa shape index (κ1) is 21.5. The van der Waals surface area contributed by atoms with Crippen LogP contribution in [0, 0.1) is 20.8 Å². The van der Waals surface area contributed by atoms with Crippen LogP contribution in [0.3, 0.4) is 0 Å². The van der Waals surface area contributed by atoms with E-state index in [1.54, 1.807) is 0 Å². The Kier molecular flexibility index (Phi) is 6.04. The maximum absolute atomic E-state index is 6.05. The fourth-order valence-corrected chi connectivity index (χ4v) is 8.47. The van der Waals surface area contributed by atoms with Crippen molar-refractivity contribution in [2.24, 2.45) is 4.99 Å². The van der Waals surface area contributed by atoms with Crippen LogP contribution >= 0.6 is 7.14 Å². The summed E-state index contributed by atoms with van der Waals surface area (Å²) in [5.41, 5.74) is 5.03. The maximum Gasteiger partial charge on any atom is 0.307 e. The molecule has 0 unspecified atom stereocenters. The van der Waals surface area contributed by atoms with Gasteiger partial charge in [-0.3, -0.25) is 0 Å². The third-order valence-electron chi connectivity index (χ3n) is 6.47. The summed E-state index contributed by atoms with van der Waals surface area (Å²) in [6.45, 7) is 21.7. The number of hydrogen-bond donors (Lipinski definition) is 0. The Morgan fingerprint density at radius 3 is 2.00 bits per heavy atom. The average Bonchev–Trinajstić information content (AvgIpc) is 2.89. The van der Waals surface area contributed by atoms with E-state index >= 15 is 0 Å². The SMILES string of the molecule is B[P+](CC[C@H]1COC(c2c(C)cc(C)cc2C)=N1)(C(C)(C)C)C(C)(C)C. The lowest BCUT2D eigenvalue weighted by molar-refractivity contribution is 0.315. The van der Waals surface area contributed by atoms with Crippen LogP contribution in [0.15, 0.2) is 17.1 Å². The first-order valence-corrected chi connectivity index (χ1v) is 12.3.